The van der Waals surface area contributed by atoms with E-state index in [0.717, 1.165) is 0 Å². The molecule has 0 bridgehead atoms. The normalized spacial score (nSPS) is 16.9. The molecule has 2 rings (SSSR count). The predicted molar refractivity (Wildman–Crippen MR) is 55.2 cm³/mol. The smallest absolute Gasteiger partial charge is 0.158 e. The Morgan fingerprint density at radius 3 is 2.50 bits per heavy atom. The second kappa shape index (κ2) is 4.01. The minimum absolute atomic E-state index is 0.0294. The highest BCUT2D eigenvalue weighted by atomic mass is 16.3. The van der Waals surface area contributed by atoms with E-state index in [4.69, 9.17) is 0 Å². The van der Waals surface area contributed by atoms with Gasteiger partial charge in [0.2, 0.25) is 0 Å². The third-order valence-electron chi connectivity index (χ3n) is 2.49. The third kappa shape index (κ3) is 2.08. The topological polar surface area (TPSA) is 81.6 Å². The van der Waals surface area contributed by atoms with E-state index in [9.17, 15) is 5.11 Å². The molecule has 0 radical (unpaired) electrons. The molecule has 1 N–H and O–H groups in total. The highest BCUT2D eigenvalue weighted by molar-refractivity contribution is 4.79. The molecule has 2 aromatic heterocycles. The maximum atomic E-state index is 10.2. The molecule has 2 heterocycles. The summed E-state index contributed by atoms with van der Waals surface area (Å²) in [5, 5.41) is 25.3. The Labute approximate surface area is 92.7 Å². The average Bonchev–Trinajstić information content (AvgIpc) is 2.91. The van der Waals surface area contributed by atoms with Gasteiger partial charge < -0.3 is 5.11 Å². The summed E-state index contributed by atoms with van der Waals surface area (Å²) < 4.78 is 3.13. The minimum atomic E-state index is -1.08. The number of hydrogen-bond acceptors (Lipinski definition) is 5. The first-order chi connectivity index (χ1) is 7.59. The van der Waals surface area contributed by atoms with Crippen molar-refractivity contribution in [1.29, 1.82) is 0 Å². The highest BCUT2D eigenvalue weighted by Crippen LogP contribution is 2.23. The van der Waals surface area contributed by atoms with Crippen LogP contribution in [0.25, 0.3) is 0 Å². The molecule has 0 saturated heterocycles. The zero-order valence-corrected chi connectivity index (χ0v) is 9.22. The van der Waals surface area contributed by atoms with Gasteiger partial charge in [0.1, 0.15) is 0 Å². The van der Waals surface area contributed by atoms with Crippen molar-refractivity contribution >= 4 is 0 Å². The molecule has 7 nitrogen and oxygen atoms in total. The standard InChI is InChI=1S/C9H14N6O/c1-8(14-5-3-10-12-14)7-9(2,16)15-6-4-11-13-15/h3-6,8,16H,7H2,1-2H3. The second-order valence-electron chi connectivity index (χ2n) is 4.00. The molecule has 0 spiro atoms. The van der Waals surface area contributed by atoms with Crippen LogP contribution in [0.3, 0.4) is 0 Å². The lowest BCUT2D eigenvalue weighted by molar-refractivity contribution is -0.0507. The molecule has 86 valence electrons. The molecule has 0 aromatic carbocycles. The number of nitrogens with zero attached hydrogens (tertiary/aromatic N) is 6. The molecular weight excluding hydrogens is 208 g/mol. The summed E-state index contributed by atoms with van der Waals surface area (Å²) in [6, 6.07) is 0.0294. The van der Waals surface area contributed by atoms with Gasteiger partial charge in [-0.3, -0.25) is 0 Å². The van der Waals surface area contributed by atoms with E-state index in [1.807, 2.05) is 6.92 Å². The van der Waals surface area contributed by atoms with Gasteiger partial charge in [-0.1, -0.05) is 10.4 Å². The summed E-state index contributed by atoms with van der Waals surface area (Å²) >= 11 is 0. The molecule has 0 aliphatic carbocycles. The van der Waals surface area contributed by atoms with Crippen molar-refractivity contribution < 1.29 is 5.11 Å². The summed E-state index contributed by atoms with van der Waals surface area (Å²) in [6.45, 7) is 3.65. The quantitative estimate of drug-likeness (QED) is 0.798. The van der Waals surface area contributed by atoms with Gasteiger partial charge >= 0.3 is 0 Å². The summed E-state index contributed by atoms with van der Waals surface area (Å²) in [5.74, 6) is 0. The maximum Gasteiger partial charge on any atom is 0.158 e. The van der Waals surface area contributed by atoms with E-state index < -0.39 is 5.72 Å². The Morgan fingerprint density at radius 2 is 1.94 bits per heavy atom. The fraction of sp³-hybridized carbons (Fsp3) is 0.556. The van der Waals surface area contributed by atoms with Crippen LogP contribution in [0.4, 0.5) is 0 Å². The number of rotatable bonds is 4. The van der Waals surface area contributed by atoms with Gasteiger partial charge in [-0.25, -0.2) is 9.36 Å². The number of aliphatic hydroxyl groups is 1. The van der Waals surface area contributed by atoms with Crippen LogP contribution < -0.4 is 0 Å². The molecule has 0 aliphatic rings. The fourth-order valence-corrected chi connectivity index (χ4v) is 1.66. The third-order valence-corrected chi connectivity index (χ3v) is 2.49. The first-order valence-electron chi connectivity index (χ1n) is 5.04. The Kier molecular flexibility index (Phi) is 2.69. The van der Waals surface area contributed by atoms with Crippen molar-refractivity contribution in [3.8, 4) is 0 Å². The zero-order chi connectivity index (χ0) is 11.6. The van der Waals surface area contributed by atoms with Gasteiger partial charge in [0.25, 0.3) is 0 Å². The minimum Gasteiger partial charge on any atom is -0.369 e. The van der Waals surface area contributed by atoms with Gasteiger partial charge in [-0.15, -0.1) is 10.2 Å². The van der Waals surface area contributed by atoms with Crippen LogP contribution in [0, 0.1) is 0 Å². The molecule has 16 heavy (non-hydrogen) atoms. The molecule has 0 saturated carbocycles. The molecule has 2 unspecified atom stereocenters. The SMILES string of the molecule is CC(CC(C)(O)n1ccnn1)n1ccnn1. The largest absolute Gasteiger partial charge is 0.369 e. The van der Waals surface area contributed by atoms with E-state index in [1.54, 1.807) is 30.2 Å². The lowest BCUT2D eigenvalue weighted by Gasteiger charge is -2.26. The van der Waals surface area contributed by atoms with E-state index in [-0.39, 0.29) is 6.04 Å². The van der Waals surface area contributed by atoms with E-state index in [0.29, 0.717) is 6.42 Å². The van der Waals surface area contributed by atoms with E-state index in [2.05, 4.69) is 20.6 Å². The van der Waals surface area contributed by atoms with Crippen LogP contribution in [0.5, 0.6) is 0 Å². The number of hydrogen-bond donors (Lipinski definition) is 1. The Balaban J connectivity index is 2.09. The maximum absolute atomic E-state index is 10.2. The number of aromatic nitrogens is 6. The van der Waals surface area contributed by atoms with Crippen LogP contribution in [0.2, 0.25) is 0 Å². The fourth-order valence-electron chi connectivity index (χ4n) is 1.66. The lowest BCUT2D eigenvalue weighted by Crippen LogP contribution is -2.33. The van der Waals surface area contributed by atoms with Gasteiger partial charge in [-0.05, 0) is 13.8 Å². The molecule has 0 amide bonds. The van der Waals surface area contributed by atoms with Crippen molar-refractivity contribution in [2.45, 2.75) is 32.0 Å². The van der Waals surface area contributed by atoms with Gasteiger partial charge in [-0.2, -0.15) is 0 Å². The summed E-state index contributed by atoms with van der Waals surface area (Å²) in [7, 11) is 0. The van der Waals surface area contributed by atoms with Crippen LogP contribution in [-0.4, -0.2) is 35.1 Å². The summed E-state index contributed by atoms with van der Waals surface area (Å²) in [4.78, 5) is 0. The molecular formula is C9H14N6O. The van der Waals surface area contributed by atoms with Gasteiger partial charge in [0.15, 0.2) is 5.72 Å². The molecule has 2 aromatic rings. The Bertz CT molecular complexity index is 421. The van der Waals surface area contributed by atoms with Gasteiger partial charge in [0.05, 0.1) is 18.4 Å². The highest BCUT2D eigenvalue weighted by Gasteiger charge is 2.27. The first-order valence-corrected chi connectivity index (χ1v) is 5.04. The van der Waals surface area contributed by atoms with Crippen molar-refractivity contribution in [1.82, 2.24) is 30.0 Å². The van der Waals surface area contributed by atoms with Crippen LogP contribution in [0.15, 0.2) is 24.8 Å². The van der Waals surface area contributed by atoms with Crippen molar-refractivity contribution in [3.05, 3.63) is 24.8 Å². The van der Waals surface area contributed by atoms with Crippen LogP contribution in [0.1, 0.15) is 26.3 Å². The molecule has 0 aliphatic heterocycles. The molecule has 2 atom stereocenters. The lowest BCUT2D eigenvalue weighted by atomic mass is 10.1. The van der Waals surface area contributed by atoms with Gasteiger partial charge in [0, 0.05) is 18.8 Å². The summed E-state index contributed by atoms with van der Waals surface area (Å²) in [6.07, 6.45) is 7.02. The van der Waals surface area contributed by atoms with Crippen molar-refractivity contribution in [3.63, 3.8) is 0 Å². The Hall–Kier alpha value is -1.76. The van der Waals surface area contributed by atoms with Crippen molar-refractivity contribution in [2.75, 3.05) is 0 Å². The van der Waals surface area contributed by atoms with Crippen molar-refractivity contribution in [2.24, 2.45) is 0 Å². The molecule has 0 fully saturated rings. The molecule has 7 heteroatoms. The zero-order valence-electron chi connectivity index (χ0n) is 9.22. The van der Waals surface area contributed by atoms with Crippen LogP contribution >= 0.6 is 0 Å². The van der Waals surface area contributed by atoms with Crippen LogP contribution in [-0.2, 0) is 5.72 Å². The summed E-state index contributed by atoms with van der Waals surface area (Å²) in [5.41, 5.74) is -1.08. The average molecular weight is 222 g/mol. The Morgan fingerprint density at radius 1 is 1.25 bits per heavy atom. The predicted octanol–water partition coefficient (Wildman–Crippen LogP) is 0.186. The van der Waals surface area contributed by atoms with E-state index >= 15 is 0 Å². The second-order valence-corrected chi connectivity index (χ2v) is 4.00. The first kappa shape index (κ1) is 10.7. The monoisotopic (exact) mass is 222 g/mol. The van der Waals surface area contributed by atoms with E-state index in [1.165, 1.54) is 10.9 Å².